The van der Waals surface area contributed by atoms with E-state index in [2.05, 4.69) is 16.4 Å². The maximum atomic E-state index is 12.9. The first kappa shape index (κ1) is 31.9. The molecule has 0 aromatic heterocycles. The van der Waals surface area contributed by atoms with E-state index in [4.69, 9.17) is 0 Å². The summed E-state index contributed by atoms with van der Waals surface area (Å²) in [7, 11) is -0.439. The average molecular weight is 522 g/mol. The maximum Gasteiger partial charge on any atom is 0.475 e. The highest BCUT2D eigenvalue weighted by Gasteiger charge is 2.33. The Hall–Kier alpha value is -3.10. The van der Waals surface area contributed by atoms with Crippen molar-refractivity contribution in [2.75, 3.05) is 18.5 Å². The van der Waals surface area contributed by atoms with E-state index >= 15 is 0 Å². The molecular weight excluding hydrogens is 488 g/mol. The molecule has 0 aliphatic rings. The van der Waals surface area contributed by atoms with Crippen LogP contribution in [0, 0.1) is 23.2 Å². The molecule has 0 heterocycles. The minimum absolute atomic E-state index is 0.0128. The Labute approximate surface area is 216 Å². The normalized spacial score (nSPS) is 12.8. The minimum atomic E-state index is -4.58. The second-order valence-electron chi connectivity index (χ2n) is 9.49. The largest absolute Gasteiger partial charge is 0.475 e. The Bertz CT molecular complexity index is 1030. The van der Waals surface area contributed by atoms with Crippen LogP contribution >= 0.6 is 0 Å². The predicted octanol–water partition coefficient (Wildman–Crippen LogP) is 2.52. The van der Waals surface area contributed by atoms with E-state index in [1.165, 1.54) is 18.0 Å². The highest BCUT2D eigenvalue weighted by atomic mass is 19.4. The number of nitriles is 1. The smallest absolute Gasteiger partial charge is 0.426 e. The molecule has 0 aliphatic heterocycles. The molecule has 2 amide bonds. The highest BCUT2D eigenvalue weighted by Crippen LogP contribution is 2.19. The van der Waals surface area contributed by atoms with Crippen molar-refractivity contribution in [2.45, 2.75) is 58.7 Å². The van der Waals surface area contributed by atoms with Crippen LogP contribution in [-0.2, 0) is 16.0 Å². The van der Waals surface area contributed by atoms with E-state index in [0.29, 0.717) is 11.3 Å². The summed E-state index contributed by atoms with van der Waals surface area (Å²) in [4.78, 5) is 26.8. The summed E-state index contributed by atoms with van der Waals surface area (Å²) in [5.41, 5.74) is 3.28. The topological polar surface area (TPSA) is 126 Å². The van der Waals surface area contributed by atoms with Gasteiger partial charge < -0.3 is 20.3 Å². The van der Waals surface area contributed by atoms with Gasteiger partial charge in [-0.2, -0.15) is 18.4 Å². The van der Waals surface area contributed by atoms with Crippen LogP contribution in [0.4, 0.5) is 18.9 Å². The van der Waals surface area contributed by atoms with Crippen LogP contribution in [0.1, 0.15) is 39.7 Å². The molecule has 0 radical (unpaired) electrons. The number of alkyl halides is 3. The van der Waals surface area contributed by atoms with Crippen LogP contribution in [0.2, 0.25) is 0 Å². The van der Waals surface area contributed by atoms with Gasteiger partial charge in [0, 0.05) is 12.7 Å². The van der Waals surface area contributed by atoms with Crippen molar-refractivity contribution in [1.29, 1.82) is 5.26 Å². The summed E-state index contributed by atoms with van der Waals surface area (Å²) >= 11 is 0. The molecule has 12 heteroatoms. The zero-order chi connectivity index (χ0) is 28.3. The molecule has 37 heavy (non-hydrogen) atoms. The number of hydrogen-bond donors (Lipinski definition) is 4. The third-order valence-electron chi connectivity index (χ3n) is 5.21. The van der Waals surface area contributed by atoms with E-state index in [-0.39, 0.29) is 30.3 Å². The lowest BCUT2D eigenvalue weighted by atomic mass is 9.75. The Morgan fingerprint density at radius 3 is 2.38 bits per heavy atom. The number of nitrogens with zero attached hydrogens (tertiary/aromatic N) is 2. The van der Waals surface area contributed by atoms with Gasteiger partial charge in [0.25, 0.3) is 5.91 Å². The van der Waals surface area contributed by atoms with Crippen LogP contribution < -0.4 is 15.5 Å². The molecule has 0 saturated heterocycles. The molecule has 0 spiro atoms. The van der Waals surface area contributed by atoms with E-state index in [0.717, 1.165) is 0 Å². The Morgan fingerprint density at radius 1 is 1.22 bits per heavy atom. The van der Waals surface area contributed by atoms with Crippen LogP contribution in [-0.4, -0.2) is 60.7 Å². The van der Waals surface area contributed by atoms with E-state index < -0.39 is 43.6 Å². The molecule has 0 saturated carbocycles. The van der Waals surface area contributed by atoms with Gasteiger partial charge in [-0.25, -0.2) is 0 Å². The van der Waals surface area contributed by atoms with Gasteiger partial charge in [-0.3, -0.25) is 14.9 Å². The first-order valence-electron chi connectivity index (χ1n) is 11.8. The number of likely N-dealkylation sites (N-methyl/N-ethyl adjacent to an activating group) is 1. The number of nitrogens with one attached hydrogen (secondary N) is 2. The predicted molar refractivity (Wildman–Crippen MR) is 135 cm³/mol. The van der Waals surface area contributed by atoms with E-state index in [1.54, 1.807) is 38.1 Å². The Kier molecular flexibility index (Phi) is 12.6. The van der Waals surface area contributed by atoms with Crippen LogP contribution in [0.5, 0.6) is 0 Å². The Morgan fingerprint density at radius 2 is 1.86 bits per heavy atom. The number of amides is 2. The number of benzene rings is 1. The van der Waals surface area contributed by atoms with Gasteiger partial charge in [-0.1, -0.05) is 39.8 Å². The van der Waals surface area contributed by atoms with Gasteiger partial charge in [0.1, 0.15) is 6.07 Å². The van der Waals surface area contributed by atoms with Crippen molar-refractivity contribution in [3.8, 4) is 6.07 Å². The molecule has 1 aromatic carbocycles. The molecule has 4 N–H and O–H groups in total. The third-order valence-corrected chi connectivity index (χ3v) is 5.21. The first-order valence-corrected chi connectivity index (χ1v) is 11.8. The molecule has 8 nitrogen and oxygen atoms in total. The molecule has 0 bridgehead atoms. The number of hydrogen-bond acceptors (Lipinski definition) is 6. The minimum Gasteiger partial charge on any atom is -0.426 e. The third kappa shape index (κ3) is 11.7. The fourth-order valence-electron chi connectivity index (χ4n) is 3.35. The first-order chi connectivity index (χ1) is 17.1. The summed E-state index contributed by atoms with van der Waals surface area (Å²) in [5, 5.41) is 33.1. The van der Waals surface area contributed by atoms with Crippen molar-refractivity contribution in [3.63, 3.8) is 0 Å². The number of rotatable bonds is 12. The second-order valence-corrected chi connectivity index (χ2v) is 9.49. The SMILES string of the molecule is CC(C)C=C=C(C#N)C(=O)N(C)c1cccc(C[C@H](NCC(F)(F)F)C(=O)N[C@@H](CC(C)C)B(O)O)c1. The van der Waals surface area contributed by atoms with Gasteiger partial charge in [0.2, 0.25) is 5.91 Å². The molecule has 2 atom stereocenters. The lowest BCUT2D eigenvalue weighted by molar-refractivity contribution is -0.132. The zero-order valence-corrected chi connectivity index (χ0v) is 21.6. The molecule has 1 rings (SSSR count). The average Bonchev–Trinajstić information content (AvgIpc) is 2.80. The highest BCUT2D eigenvalue weighted by molar-refractivity contribution is 6.43. The standard InChI is InChI=1S/C25H34BF3N4O4/c1-16(2)9-10-19(14-30)24(35)33(5)20-8-6-7-18(12-20)13-21(31-15-25(27,28)29)23(34)32-22(26(36)37)11-17(3)4/h6-9,12,16-17,21-22,31,36-37H,11,13,15H2,1-5H3,(H,32,34)/t10?,21-,22-/m0/s1. The van der Waals surface area contributed by atoms with Gasteiger partial charge in [-0.15, -0.1) is 5.73 Å². The maximum absolute atomic E-state index is 12.9. The number of carbonyl (C=O) groups excluding carboxylic acids is 2. The van der Waals surface area contributed by atoms with Gasteiger partial charge in [0.15, 0.2) is 5.57 Å². The zero-order valence-electron chi connectivity index (χ0n) is 21.6. The summed E-state index contributed by atoms with van der Waals surface area (Å²) in [5.74, 6) is -2.45. The van der Waals surface area contributed by atoms with Crippen LogP contribution in [0.15, 0.2) is 41.6 Å². The van der Waals surface area contributed by atoms with Crippen molar-refractivity contribution >= 4 is 24.6 Å². The van der Waals surface area contributed by atoms with Crippen molar-refractivity contribution < 1.29 is 32.8 Å². The molecule has 0 aliphatic carbocycles. The fraction of sp³-hybridized carbons (Fsp3) is 0.520. The monoisotopic (exact) mass is 522 g/mol. The fourth-order valence-corrected chi connectivity index (χ4v) is 3.35. The van der Waals surface area contributed by atoms with Crippen LogP contribution in [0.3, 0.4) is 0 Å². The quantitative estimate of drug-likeness (QED) is 0.145. The van der Waals surface area contributed by atoms with Gasteiger partial charge in [0.05, 0.1) is 18.5 Å². The molecule has 202 valence electrons. The lowest BCUT2D eigenvalue weighted by Gasteiger charge is -2.25. The van der Waals surface area contributed by atoms with E-state index in [9.17, 15) is 38.1 Å². The second kappa shape index (κ2) is 14.6. The van der Waals surface area contributed by atoms with E-state index in [1.807, 2.05) is 19.9 Å². The lowest BCUT2D eigenvalue weighted by Crippen LogP contribution is -2.55. The van der Waals surface area contributed by atoms with Crippen molar-refractivity contribution in [1.82, 2.24) is 10.6 Å². The van der Waals surface area contributed by atoms with Crippen molar-refractivity contribution in [2.24, 2.45) is 11.8 Å². The van der Waals surface area contributed by atoms with Gasteiger partial charge in [-0.05, 0) is 48.4 Å². The summed E-state index contributed by atoms with van der Waals surface area (Å²) in [6.45, 7) is 5.90. The molecule has 1 aromatic rings. The number of halogens is 3. The van der Waals surface area contributed by atoms with Crippen LogP contribution in [0.25, 0.3) is 0 Å². The number of carbonyl (C=O) groups is 2. The summed E-state index contributed by atoms with van der Waals surface area (Å²) in [6.07, 6.45) is -2.96. The summed E-state index contributed by atoms with van der Waals surface area (Å²) < 4.78 is 38.7. The van der Waals surface area contributed by atoms with Crippen molar-refractivity contribution in [3.05, 3.63) is 47.2 Å². The molecular formula is C25H34BF3N4O4. The molecule has 0 unspecified atom stereocenters. The summed E-state index contributed by atoms with van der Waals surface area (Å²) in [6, 6.07) is 6.74. The molecule has 0 fully saturated rings. The number of anilines is 1. The Balaban J connectivity index is 3.20. The van der Waals surface area contributed by atoms with Gasteiger partial charge >= 0.3 is 13.3 Å².